The van der Waals surface area contributed by atoms with Crippen LogP contribution in [0.3, 0.4) is 0 Å². The molecule has 5 nitrogen and oxygen atoms in total. The summed E-state index contributed by atoms with van der Waals surface area (Å²) < 4.78 is 5.73. The Morgan fingerprint density at radius 2 is 1.75 bits per heavy atom. The van der Waals surface area contributed by atoms with Crippen LogP contribution in [-0.2, 0) is 4.79 Å². The molecule has 0 amide bonds. The summed E-state index contributed by atoms with van der Waals surface area (Å²) in [6, 6.07) is 6.81. The van der Waals surface area contributed by atoms with E-state index in [1.54, 1.807) is 24.3 Å². The molecular formula is C14H16ClN3O2. The molecule has 1 aromatic heterocycles. The molecule has 0 aliphatic rings. The lowest BCUT2D eigenvalue weighted by Crippen LogP contribution is -2.35. The molecule has 0 bridgehead atoms. The van der Waals surface area contributed by atoms with Crippen LogP contribution in [0.15, 0.2) is 36.7 Å². The second kappa shape index (κ2) is 5.63. The van der Waals surface area contributed by atoms with E-state index in [9.17, 15) is 4.79 Å². The largest absolute Gasteiger partial charge is 0.460 e. The fourth-order valence-electron chi connectivity index (χ4n) is 1.57. The highest BCUT2D eigenvalue weighted by molar-refractivity contribution is 6.30. The average Bonchev–Trinajstić information content (AvgIpc) is 2.90. The maximum absolute atomic E-state index is 12.5. The summed E-state index contributed by atoms with van der Waals surface area (Å²) in [5.74, 6) is 0.429. The van der Waals surface area contributed by atoms with Gasteiger partial charge in [0.15, 0.2) is 0 Å². The fraction of sp³-hybridized carbons (Fsp3) is 0.357. The molecule has 1 unspecified atom stereocenters. The first kappa shape index (κ1) is 14.5. The van der Waals surface area contributed by atoms with E-state index in [-0.39, 0.29) is 5.78 Å². The maximum Gasteiger partial charge on any atom is 0.267 e. The van der Waals surface area contributed by atoms with Gasteiger partial charge >= 0.3 is 0 Å². The Hall–Kier alpha value is -1.88. The molecule has 0 aliphatic carbocycles. The molecule has 1 atom stereocenters. The topological polar surface area (TPSA) is 57.0 Å². The molecular weight excluding hydrogens is 278 g/mol. The number of benzene rings is 1. The van der Waals surface area contributed by atoms with Crippen LogP contribution in [0.4, 0.5) is 0 Å². The lowest BCUT2D eigenvalue weighted by Gasteiger charge is -2.24. The summed E-state index contributed by atoms with van der Waals surface area (Å²) in [5, 5.41) is 8.60. The van der Waals surface area contributed by atoms with Gasteiger partial charge < -0.3 is 4.74 Å². The van der Waals surface area contributed by atoms with Crippen molar-refractivity contribution in [2.45, 2.75) is 27.0 Å². The molecule has 0 saturated carbocycles. The van der Waals surface area contributed by atoms with Gasteiger partial charge in [0, 0.05) is 10.4 Å². The first-order chi connectivity index (χ1) is 9.38. The quantitative estimate of drug-likeness (QED) is 0.869. The second-order valence-electron chi connectivity index (χ2n) is 5.39. The smallest absolute Gasteiger partial charge is 0.267 e. The number of nitrogens with zero attached hydrogens (tertiary/aromatic N) is 3. The molecule has 0 aliphatic heterocycles. The van der Waals surface area contributed by atoms with Gasteiger partial charge in [0.1, 0.15) is 5.75 Å². The monoisotopic (exact) mass is 293 g/mol. The van der Waals surface area contributed by atoms with Crippen molar-refractivity contribution in [2.24, 2.45) is 5.41 Å². The summed E-state index contributed by atoms with van der Waals surface area (Å²) in [4.78, 5) is 13.7. The molecule has 1 heterocycles. The number of hydrogen-bond donors (Lipinski definition) is 0. The summed E-state index contributed by atoms with van der Waals surface area (Å²) in [6.07, 6.45) is 2.12. The van der Waals surface area contributed by atoms with Crippen molar-refractivity contribution in [3.05, 3.63) is 41.7 Å². The van der Waals surface area contributed by atoms with Crippen molar-refractivity contribution >= 4 is 17.4 Å². The molecule has 2 aromatic rings. The van der Waals surface area contributed by atoms with Gasteiger partial charge in [0.05, 0.1) is 12.4 Å². The molecule has 0 radical (unpaired) electrons. The van der Waals surface area contributed by atoms with E-state index in [2.05, 4.69) is 10.2 Å². The van der Waals surface area contributed by atoms with Gasteiger partial charge in [-0.25, -0.2) is 0 Å². The third kappa shape index (κ3) is 3.36. The van der Waals surface area contributed by atoms with E-state index in [0.29, 0.717) is 10.8 Å². The Balaban J connectivity index is 2.28. The van der Waals surface area contributed by atoms with Crippen LogP contribution in [0, 0.1) is 5.41 Å². The highest BCUT2D eigenvalue weighted by atomic mass is 35.5. The average molecular weight is 294 g/mol. The molecule has 0 fully saturated rings. The van der Waals surface area contributed by atoms with E-state index < -0.39 is 11.6 Å². The zero-order valence-corrected chi connectivity index (χ0v) is 12.3. The van der Waals surface area contributed by atoms with Crippen molar-refractivity contribution in [3.63, 3.8) is 0 Å². The Kier molecular flexibility index (Phi) is 4.09. The molecule has 1 aromatic carbocycles. The van der Waals surface area contributed by atoms with Crippen LogP contribution in [0.2, 0.25) is 5.02 Å². The normalized spacial score (nSPS) is 13.0. The molecule has 2 rings (SSSR count). The highest BCUT2D eigenvalue weighted by Gasteiger charge is 2.33. The number of hydrogen-bond acceptors (Lipinski definition) is 4. The zero-order valence-electron chi connectivity index (χ0n) is 11.6. The Morgan fingerprint density at radius 1 is 1.20 bits per heavy atom. The standard InChI is InChI=1S/C14H16ClN3O2/c1-14(2,3)12(19)13(18-16-8-9-17-18)20-11-6-4-10(15)5-7-11/h4-9,13H,1-3H3. The lowest BCUT2D eigenvalue weighted by molar-refractivity contribution is -0.139. The Bertz CT molecular complexity index is 573. The van der Waals surface area contributed by atoms with E-state index >= 15 is 0 Å². The Morgan fingerprint density at radius 3 is 2.25 bits per heavy atom. The molecule has 0 saturated heterocycles. The minimum atomic E-state index is -0.897. The predicted octanol–water partition coefficient (Wildman–Crippen LogP) is 3.12. The fourth-order valence-corrected chi connectivity index (χ4v) is 1.69. The number of aromatic nitrogens is 3. The summed E-state index contributed by atoms with van der Waals surface area (Å²) >= 11 is 5.83. The van der Waals surface area contributed by atoms with Crippen LogP contribution in [0.25, 0.3) is 0 Å². The third-order valence-corrected chi connectivity index (χ3v) is 2.92. The number of ketones is 1. The number of rotatable bonds is 4. The van der Waals surface area contributed by atoms with Crippen molar-refractivity contribution < 1.29 is 9.53 Å². The van der Waals surface area contributed by atoms with Crippen LogP contribution < -0.4 is 4.74 Å². The predicted molar refractivity (Wildman–Crippen MR) is 75.6 cm³/mol. The maximum atomic E-state index is 12.5. The number of Topliss-reactive ketones (excluding diaryl/α,β-unsaturated/α-hetero) is 1. The number of ether oxygens (including phenoxy) is 1. The zero-order chi connectivity index (χ0) is 14.8. The van der Waals surface area contributed by atoms with Gasteiger partial charge in [-0.1, -0.05) is 32.4 Å². The van der Waals surface area contributed by atoms with Gasteiger partial charge in [-0.3, -0.25) is 4.79 Å². The van der Waals surface area contributed by atoms with Crippen molar-refractivity contribution in [2.75, 3.05) is 0 Å². The van der Waals surface area contributed by atoms with Crippen LogP contribution in [0.5, 0.6) is 5.75 Å². The van der Waals surface area contributed by atoms with Crippen molar-refractivity contribution in [3.8, 4) is 5.75 Å². The highest BCUT2D eigenvalue weighted by Crippen LogP contribution is 2.26. The van der Waals surface area contributed by atoms with Gasteiger partial charge in [-0.15, -0.1) is 4.80 Å². The van der Waals surface area contributed by atoms with Crippen LogP contribution in [-0.4, -0.2) is 20.8 Å². The van der Waals surface area contributed by atoms with Gasteiger partial charge in [-0.2, -0.15) is 10.2 Å². The SMILES string of the molecule is CC(C)(C)C(=O)C(Oc1ccc(Cl)cc1)n1nccn1. The van der Waals surface area contributed by atoms with Gasteiger partial charge in [0.2, 0.25) is 5.78 Å². The van der Waals surface area contributed by atoms with Crippen LogP contribution >= 0.6 is 11.6 Å². The molecule has 106 valence electrons. The van der Waals surface area contributed by atoms with E-state index in [4.69, 9.17) is 16.3 Å². The number of halogens is 1. The first-order valence-electron chi connectivity index (χ1n) is 6.20. The van der Waals surface area contributed by atoms with E-state index in [1.165, 1.54) is 17.2 Å². The minimum absolute atomic E-state index is 0.108. The van der Waals surface area contributed by atoms with E-state index in [0.717, 1.165) is 0 Å². The summed E-state index contributed by atoms with van der Waals surface area (Å²) in [7, 11) is 0. The van der Waals surface area contributed by atoms with E-state index in [1.807, 2.05) is 20.8 Å². The summed E-state index contributed by atoms with van der Waals surface area (Å²) in [6.45, 7) is 5.49. The molecule has 6 heteroatoms. The van der Waals surface area contributed by atoms with Gasteiger partial charge in [-0.05, 0) is 24.3 Å². The lowest BCUT2D eigenvalue weighted by atomic mass is 9.90. The van der Waals surface area contributed by atoms with Gasteiger partial charge in [0.25, 0.3) is 6.23 Å². The minimum Gasteiger partial charge on any atom is -0.460 e. The number of carbonyl (C=O) groups excluding carboxylic acids is 1. The third-order valence-electron chi connectivity index (χ3n) is 2.67. The first-order valence-corrected chi connectivity index (χ1v) is 6.58. The van der Waals surface area contributed by atoms with Crippen LogP contribution in [0.1, 0.15) is 27.0 Å². The summed E-state index contributed by atoms with van der Waals surface area (Å²) in [5.41, 5.74) is -0.565. The molecule has 0 spiro atoms. The van der Waals surface area contributed by atoms with Crippen molar-refractivity contribution in [1.82, 2.24) is 15.0 Å². The molecule has 0 N–H and O–H groups in total. The Labute approximate surface area is 122 Å². The molecule has 20 heavy (non-hydrogen) atoms. The second-order valence-corrected chi connectivity index (χ2v) is 5.82. The number of carbonyl (C=O) groups is 1. The van der Waals surface area contributed by atoms with Crippen molar-refractivity contribution in [1.29, 1.82) is 0 Å².